The van der Waals surface area contributed by atoms with Crippen molar-refractivity contribution in [1.29, 1.82) is 0 Å². The molecule has 1 fully saturated rings. The first-order valence-corrected chi connectivity index (χ1v) is 6.34. The lowest BCUT2D eigenvalue weighted by molar-refractivity contribution is 0.328. The van der Waals surface area contributed by atoms with E-state index in [1.54, 1.807) is 0 Å². The number of hydrogen-bond donors (Lipinski definition) is 0. The van der Waals surface area contributed by atoms with Crippen molar-refractivity contribution in [2.24, 2.45) is 0 Å². The quantitative estimate of drug-likeness (QED) is 0.534. The fourth-order valence-electron chi connectivity index (χ4n) is 1.79. The minimum Gasteiger partial charge on any atom is -0.303 e. The summed E-state index contributed by atoms with van der Waals surface area (Å²) in [4.78, 5) is 2.61. The van der Waals surface area contributed by atoms with E-state index in [2.05, 4.69) is 20.8 Å². The van der Waals surface area contributed by atoms with Gasteiger partial charge in [0.05, 0.1) is 0 Å². The molecule has 0 amide bonds. The van der Waals surface area contributed by atoms with Crippen LogP contribution in [-0.4, -0.2) is 29.9 Å². The van der Waals surface area contributed by atoms with Crippen molar-refractivity contribution in [2.45, 2.75) is 38.5 Å². The van der Waals surface area contributed by atoms with Gasteiger partial charge in [0.2, 0.25) is 0 Å². The minimum atomic E-state index is 0. The first-order chi connectivity index (χ1) is 5.93. The van der Waals surface area contributed by atoms with E-state index in [9.17, 15) is 0 Å². The van der Waals surface area contributed by atoms with Gasteiger partial charge in [-0.1, -0.05) is 28.8 Å². The van der Waals surface area contributed by atoms with Gasteiger partial charge in [-0.15, -0.1) is 17.0 Å². The molecule has 1 nitrogen and oxygen atoms in total. The minimum absolute atomic E-state index is 0. The summed E-state index contributed by atoms with van der Waals surface area (Å²) < 4.78 is 0. The highest BCUT2D eigenvalue weighted by atomic mass is 79.9. The highest BCUT2D eigenvalue weighted by Crippen LogP contribution is 2.09. The van der Waals surface area contributed by atoms with E-state index in [-0.39, 0.29) is 17.0 Å². The maximum Gasteiger partial charge on any atom is 0.00313 e. The number of hydrogen-bond acceptors (Lipinski definition) is 1. The van der Waals surface area contributed by atoms with Crippen LogP contribution >= 0.6 is 32.9 Å². The standard InChI is InChI=1S/C10H20BrN.BrH/c11-7-3-1-2-4-8-12-9-5-6-10-12;/h1-10H2;1H. The molecule has 1 rings (SSSR count). The van der Waals surface area contributed by atoms with Gasteiger partial charge >= 0.3 is 0 Å². The number of alkyl halides is 1. The Kier molecular flexibility index (Phi) is 10.1. The highest BCUT2D eigenvalue weighted by molar-refractivity contribution is 9.09. The van der Waals surface area contributed by atoms with Crippen molar-refractivity contribution in [3.8, 4) is 0 Å². The second-order valence-corrected chi connectivity index (χ2v) is 4.44. The SMILES string of the molecule is Br.BrCCCCCCN1CCCC1. The van der Waals surface area contributed by atoms with Crippen molar-refractivity contribution < 1.29 is 0 Å². The summed E-state index contributed by atoms with van der Waals surface area (Å²) in [5, 5.41) is 1.18. The molecule has 0 aromatic carbocycles. The van der Waals surface area contributed by atoms with Crippen LogP contribution in [0, 0.1) is 0 Å². The van der Waals surface area contributed by atoms with Crippen LogP contribution in [-0.2, 0) is 0 Å². The average Bonchev–Trinajstić information content (AvgIpc) is 2.57. The fourth-order valence-corrected chi connectivity index (χ4v) is 2.19. The third-order valence-electron chi connectivity index (χ3n) is 2.56. The van der Waals surface area contributed by atoms with Crippen molar-refractivity contribution in [1.82, 2.24) is 4.90 Å². The number of rotatable bonds is 6. The summed E-state index contributed by atoms with van der Waals surface area (Å²) in [6.45, 7) is 4.07. The molecule has 3 heteroatoms. The van der Waals surface area contributed by atoms with Crippen LogP contribution in [0.2, 0.25) is 0 Å². The van der Waals surface area contributed by atoms with E-state index in [1.807, 2.05) is 0 Å². The second-order valence-electron chi connectivity index (χ2n) is 3.65. The predicted molar refractivity (Wildman–Crippen MR) is 68.3 cm³/mol. The van der Waals surface area contributed by atoms with Gasteiger partial charge in [-0.2, -0.15) is 0 Å². The molecule has 0 aromatic heterocycles. The van der Waals surface area contributed by atoms with E-state index in [0.29, 0.717) is 0 Å². The van der Waals surface area contributed by atoms with Crippen LogP contribution in [0.15, 0.2) is 0 Å². The van der Waals surface area contributed by atoms with E-state index < -0.39 is 0 Å². The van der Waals surface area contributed by atoms with Crippen LogP contribution in [0.3, 0.4) is 0 Å². The molecule has 0 saturated carbocycles. The van der Waals surface area contributed by atoms with Gasteiger partial charge in [-0.25, -0.2) is 0 Å². The third kappa shape index (κ3) is 6.92. The third-order valence-corrected chi connectivity index (χ3v) is 3.12. The first kappa shape index (κ1) is 13.9. The van der Waals surface area contributed by atoms with E-state index >= 15 is 0 Å². The van der Waals surface area contributed by atoms with Crippen molar-refractivity contribution in [3.05, 3.63) is 0 Å². The molecule has 0 N–H and O–H groups in total. The molecule has 1 saturated heterocycles. The molecule has 0 unspecified atom stereocenters. The van der Waals surface area contributed by atoms with Crippen LogP contribution in [0.5, 0.6) is 0 Å². The maximum absolute atomic E-state index is 3.46. The molecule has 0 atom stereocenters. The number of nitrogens with zero attached hydrogens (tertiary/aromatic N) is 1. The molecule has 1 heterocycles. The van der Waals surface area contributed by atoms with Gasteiger partial charge in [0.15, 0.2) is 0 Å². The predicted octanol–water partition coefficient (Wildman–Crippen LogP) is 3.62. The Hall–Kier alpha value is 0.920. The Bertz CT molecular complexity index is 103. The maximum atomic E-state index is 3.46. The molecule has 0 aromatic rings. The second kappa shape index (κ2) is 9.47. The molecule has 13 heavy (non-hydrogen) atoms. The van der Waals surface area contributed by atoms with Gasteiger partial charge < -0.3 is 4.90 Å². The van der Waals surface area contributed by atoms with Gasteiger partial charge in [0, 0.05) is 5.33 Å². The van der Waals surface area contributed by atoms with Gasteiger partial charge in [0.25, 0.3) is 0 Å². The Balaban J connectivity index is 0.00000144. The Morgan fingerprint density at radius 2 is 1.54 bits per heavy atom. The van der Waals surface area contributed by atoms with Crippen LogP contribution in [0.25, 0.3) is 0 Å². The zero-order valence-electron chi connectivity index (χ0n) is 8.30. The Morgan fingerprint density at radius 1 is 0.923 bits per heavy atom. The van der Waals surface area contributed by atoms with Gasteiger partial charge in [0.1, 0.15) is 0 Å². The van der Waals surface area contributed by atoms with Crippen molar-refractivity contribution >= 4 is 32.9 Å². The summed E-state index contributed by atoms with van der Waals surface area (Å²) in [6, 6.07) is 0. The van der Waals surface area contributed by atoms with Crippen molar-refractivity contribution in [3.63, 3.8) is 0 Å². The molecule has 0 bridgehead atoms. The van der Waals surface area contributed by atoms with Crippen LogP contribution in [0.1, 0.15) is 38.5 Å². The molecular formula is C10H21Br2N. The number of halogens is 2. The summed E-state index contributed by atoms with van der Waals surface area (Å²) >= 11 is 3.46. The lowest BCUT2D eigenvalue weighted by atomic mass is 10.2. The molecule has 1 aliphatic rings. The monoisotopic (exact) mass is 313 g/mol. The fraction of sp³-hybridized carbons (Fsp3) is 1.00. The van der Waals surface area contributed by atoms with E-state index in [4.69, 9.17) is 0 Å². The van der Waals surface area contributed by atoms with Crippen molar-refractivity contribution in [2.75, 3.05) is 25.0 Å². The molecule has 0 spiro atoms. The highest BCUT2D eigenvalue weighted by Gasteiger charge is 2.09. The molecule has 80 valence electrons. The Labute approximate surface area is 101 Å². The number of likely N-dealkylation sites (tertiary alicyclic amines) is 1. The summed E-state index contributed by atoms with van der Waals surface area (Å²) in [6.07, 6.45) is 8.44. The number of unbranched alkanes of at least 4 members (excludes halogenated alkanes) is 3. The van der Waals surface area contributed by atoms with E-state index in [0.717, 1.165) is 0 Å². The van der Waals surface area contributed by atoms with Crippen LogP contribution in [0.4, 0.5) is 0 Å². The first-order valence-electron chi connectivity index (χ1n) is 5.22. The topological polar surface area (TPSA) is 3.24 Å². The largest absolute Gasteiger partial charge is 0.303 e. The zero-order chi connectivity index (χ0) is 8.65. The lowest BCUT2D eigenvalue weighted by Gasteiger charge is -2.13. The van der Waals surface area contributed by atoms with Gasteiger partial charge in [-0.05, 0) is 45.3 Å². The Morgan fingerprint density at radius 3 is 2.15 bits per heavy atom. The summed E-state index contributed by atoms with van der Waals surface area (Å²) in [5.74, 6) is 0. The van der Waals surface area contributed by atoms with Gasteiger partial charge in [-0.3, -0.25) is 0 Å². The normalized spacial score (nSPS) is 17.3. The smallest absolute Gasteiger partial charge is 0.00313 e. The molecule has 0 radical (unpaired) electrons. The molecular weight excluding hydrogens is 294 g/mol. The van der Waals surface area contributed by atoms with E-state index in [1.165, 1.54) is 63.5 Å². The molecule has 0 aliphatic carbocycles. The molecule has 1 aliphatic heterocycles. The average molecular weight is 315 g/mol. The summed E-state index contributed by atoms with van der Waals surface area (Å²) in [7, 11) is 0. The lowest BCUT2D eigenvalue weighted by Crippen LogP contribution is -2.20. The zero-order valence-corrected chi connectivity index (χ0v) is 11.6. The van der Waals surface area contributed by atoms with Crippen LogP contribution < -0.4 is 0 Å². The summed E-state index contributed by atoms with van der Waals surface area (Å²) in [5.41, 5.74) is 0.